The van der Waals surface area contributed by atoms with Gasteiger partial charge in [0.15, 0.2) is 0 Å². The van der Waals surface area contributed by atoms with Gasteiger partial charge in [0.25, 0.3) is 0 Å². The molecule has 0 fully saturated rings. The molecule has 1 aromatic rings. The highest BCUT2D eigenvalue weighted by molar-refractivity contribution is 9.10. The lowest BCUT2D eigenvalue weighted by molar-refractivity contribution is 0.404. The summed E-state index contributed by atoms with van der Waals surface area (Å²) in [7, 11) is 1.49. The van der Waals surface area contributed by atoms with Gasteiger partial charge in [-0.3, -0.25) is 0 Å². The first kappa shape index (κ1) is 11.5. The fraction of sp³-hybridized carbons (Fsp3) is 0.400. The van der Waals surface area contributed by atoms with Crippen LogP contribution >= 0.6 is 15.9 Å². The van der Waals surface area contributed by atoms with Crippen LogP contribution in [0.5, 0.6) is 5.75 Å². The normalized spacial score (nSPS) is 11.6. The van der Waals surface area contributed by atoms with Crippen LogP contribution in [0.3, 0.4) is 0 Å². The maximum Gasteiger partial charge on any atom is 0.141 e. The predicted octanol–water partition coefficient (Wildman–Crippen LogP) is 2.79. The Balaban J connectivity index is 3.30. The third-order valence-electron chi connectivity index (χ3n) is 1.96. The van der Waals surface area contributed by atoms with Crippen molar-refractivity contribution in [3.63, 3.8) is 0 Å². The number of rotatable bonds is 2. The van der Waals surface area contributed by atoms with E-state index >= 15 is 0 Å². The van der Waals surface area contributed by atoms with E-state index < -0.39 is 5.54 Å². The fourth-order valence-electron chi connectivity index (χ4n) is 1.08. The van der Waals surface area contributed by atoms with Crippen LogP contribution in [0.4, 0.5) is 4.39 Å². The van der Waals surface area contributed by atoms with E-state index in [1.807, 2.05) is 13.8 Å². The molecule has 1 aromatic carbocycles. The number of hydrogen-bond donors (Lipinski definition) is 1. The van der Waals surface area contributed by atoms with Gasteiger partial charge in [-0.2, -0.15) is 0 Å². The van der Waals surface area contributed by atoms with E-state index in [1.165, 1.54) is 13.2 Å². The van der Waals surface area contributed by atoms with Crippen LogP contribution in [0.1, 0.15) is 19.4 Å². The summed E-state index contributed by atoms with van der Waals surface area (Å²) in [6.45, 7) is 3.63. The Morgan fingerprint density at radius 1 is 1.43 bits per heavy atom. The van der Waals surface area contributed by atoms with E-state index in [4.69, 9.17) is 10.5 Å². The molecule has 0 radical (unpaired) electrons. The summed E-state index contributed by atoms with van der Waals surface area (Å²) in [5.41, 5.74) is 5.99. The second-order valence-corrected chi connectivity index (χ2v) is 4.49. The Hall–Kier alpha value is -0.610. The molecular formula is C10H13BrFNO. The van der Waals surface area contributed by atoms with Gasteiger partial charge in [0.05, 0.1) is 11.6 Å². The lowest BCUT2D eigenvalue weighted by Gasteiger charge is -2.20. The van der Waals surface area contributed by atoms with E-state index in [0.717, 1.165) is 0 Å². The summed E-state index contributed by atoms with van der Waals surface area (Å²) < 4.78 is 18.7. The molecule has 0 spiro atoms. The zero-order chi connectivity index (χ0) is 10.9. The minimum atomic E-state index is -0.575. The minimum absolute atomic E-state index is 0.327. The van der Waals surface area contributed by atoms with Crippen molar-refractivity contribution >= 4 is 15.9 Å². The second kappa shape index (κ2) is 3.87. The Kier molecular flexibility index (Phi) is 3.17. The van der Waals surface area contributed by atoms with Crippen molar-refractivity contribution in [1.82, 2.24) is 0 Å². The molecule has 0 aromatic heterocycles. The first-order chi connectivity index (χ1) is 6.36. The smallest absolute Gasteiger partial charge is 0.141 e. The van der Waals surface area contributed by atoms with Gasteiger partial charge in [0.1, 0.15) is 11.6 Å². The average molecular weight is 262 g/mol. The zero-order valence-electron chi connectivity index (χ0n) is 8.40. The summed E-state index contributed by atoms with van der Waals surface area (Å²) in [4.78, 5) is 0. The SMILES string of the molecule is COc1cc(C(C)(C)N)cc(F)c1Br. The second-order valence-electron chi connectivity index (χ2n) is 3.70. The Morgan fingerprint density at radius 2 is 2.00 bits per heavy atom. The third kappa shape index (κ3) is 2.25. The third-order valence-corrected chi connectivity index (χ3v) is 2.73. The summed E-state index contributed by atoms with van der Waals surface area (Å²) in [5.74, 6) is 0.0939. The molecule has 0 aliphatic heterocycles. The predicted molar refractivity (Wildman–Crippen MR) is 57.9 cm³/mol. The molecule has 0 aliphatic carbocycles. The minimum Gasteiger partial charge on any atom is -0.495 e. The Morgan fingerprint density at radius 3 is 2.43 bits per heavy atom. The number of benzene rings is 1. The molecule has 0 heterocycles. The molecule has 0 saturated carbocycles. The number of halogens is 2. The molecule has 1 rings (SSSR count). The summed E-state index contributed by atoms with van der Waals surface area (Å²) in [6, 6.07) is 3.14. The van der Waals surface area contributed by atoms with Crippen molar-refractivity contribution in [2.75, 3.05) is 7.11 Å². The van der Waals surface area contributed by atoms with Crippen LogP contribution in [0, 0.1) is 5.82 Å². The van der Waals surface area contributed by atoms with Crippen molar-refractivity contribution < 1.29 is 9.13 Å². The number of ether oxygens (including phenoxy) is 1. The van der Waals surface area contributed by atoms with Crippen molar-refractivity contribution in [3.8, 4) is 5.75 Å². The highest BCUT2D eigenvalue weighted by atomic mass is 79.9. The molecule has 78 valence electrons. The summed E-state index contributed by atoms with van der Waals surface area (Å²) in [6.07, 6.45) is 0. The largest absolute Gasteiger partial charge is 0.495 e. The van der Waals surface area contributed by atoms with Gasteiger partial charge in [0, 0.05) is 5.54 Å². The van der Waals surface area contributed by atoms with Gasteiger partial charge in [0.2, 0.25) is 0 Å². The van der Waals surface area contributed by atoms with Gasteiger partial charge in [-0.1, -0.05) is 0 Å². The molecule has 0 aliphatic rings. The van der Waals surface area contributed by atoms with E-state index in [1.54, 1.807) is 6.07 Å². The fourth-order valence-corrected chi connectivity index (χ4v) is 1.48. The summed E-state index contributed by atoms with van der Waals surface area (Å²) >= 11 is 3.10. The van der Waals surface area contributed by atoms with Crippen LogP contribution in [0.15, 0.2) is 16.6 Å². The first-order valence-corrected chi connectivity index (χ1v) is 4.98. The molecule has 2 N–H and O–H groups in total. The molecule has 0 atom stereocenters. The van der Waals surface area contributed by atoms with E-state index in [9.17, 15) is 4.39 Å². The van der Waals surface area contributed by atoms with Crippen molar-refractivity contribution in [3.05, 3.63) is 28.0 Å². The van der Waals surface area contributed by atoms with Crippen molar-refractivity contribution in [2.24, 2.45) is 5.73 Å². The summed E-state index contributed by atoms with van der Waals surface area (Å²) in [5, 5.41) is 0. The van der Waals surface area contributed by atoms with Gasteiger partial charge in [-0.15, -0.1) is 0 Å². The van der Waals surface area contributed by atoms with Crippen LogP contribution in [0.2, 0.25) is 0 Å². The highest BCUT2D eigenvalue weighted by Gasteiger charge is 2.18. The van der Waals surface area contributed by atoms with Crippen LogP contribution in [-0.2, 0) is 5.54 Å². The number of hydrogen-bond acceptors (Lipinski definition) is 2. The molecule has 0 bridgehead atoms. The number of nitrogens with two attached hydrogens (primary N) is 1. The number of methoxy groups -OCH3 is 1. The Labute approximate surface area is 91.4 Å². The molecule has 14 heavy (non-hydrogen) atoms. The molecule has 0 saturated heterocycles. The zero-order valence-corrected chi connectivity index (χ0v) is 9.98. The average Bonchev–Trinajstić information content (AvgIpc) is 2.07. The maximum atomic E-state index is 13.4. The first-order valence-electron chi connectivity index (χ1n) is 4.18. The quantitative estimate of drug-likeness (QED) is 0.889. The topological polar surface area (TPSA) is 35.2 Å². The molecule has 4 heteroatoms. The van der Waals surface area contributed by atoms with Gasteiger partial charge in [-0.25, -0.2) is 4.39 Å². The monoisotopic (exact) mass is 261 g/mol. The van der Waals surface area contributed by atoms with Gasteiger partial charge in [-0.05, 0) is 47.5 Å². The lowest BCUT2D eigenvalue weighted by Crippen LogP contribution is -2.28. The van der Waals surface area contributed by atoms with E-state index in [2.05, 4.69) is 15.9 Å². The van der Waals surface area contributed by atoms with Crippen LogP contribution < -0.4 is 10.5 Å². The van der Waals surface area contributed by atoms with Crippen LogP contribution in [-0.4, -0.2) is 7.11 Å². The standard InChI is InChI=1S/C10H13BrFNO/c1-10(2,13)6-4-7(12)9(11)8(5-6)14-3/h4-5H,13H2,1-3H3. The maximum absolute atomic E-state index is 13.4. The van der Waals surface area contributed by atoms with Crippen molar-refractivity contribution in [1.29, 1.82) is 0 Å². The molecule has 0 amide bonds. The van der Waals surface area contributed by atoms with Crippen molar-refractivity contribution in [2.45, 2.75) is 19.4 Å². The van der Waals surface area contributed by atoms with Crippen LogP contribution in [0.25, 0.3) is 0 Å². The van der Waals surface area contributed by atoms with E-state index in [-0.39, 0.29) is 5.82 Å². The van der Waals surface area contributed by atoms with Gasteiger partial charge < -0.3 is 10.5 Å². The molecule has 2 nitrogen and oxygen atoms in total. The lowest BCUT2D eigenvalue weighted by atomic mass is 9.95. The van der Waals surface area contributed by atoms with E-state index in [0.29, 0.717) is 15.8 Å². The van der Waals surface area contributed by atoms with Gasteiger partial charge >= 0.3 is 0 Å². The molecule has 0 unspecified atom stereocenters. The Bertz CT molecular complexity index is 347. The highest BCUT2D eigenvalue weighted by Crippen LogP contribution is 2.32. The molecular weight excluding hydrogens is 249 g/mol.